The highest BCUT2D eigenvalue weighted by molar-refractivity contribution is 7.98. The summed E-state index contributed by atoms with van der Waals surface area (Å²) in [6.45, 7) is 7.60. The fourth-order valence-electron chi connectivity index (χ4n) is 3.56. The number of anilines is 2. The summed E-state index contributed by atoms with van der Waals surface area (Å²) >= 11 is 3.21. The number of ether oxygens (including phenoxy) is 1. The van der Waals surface area contributed by atoms with E-state index in [0.29, 0.717) is 12.2 Å². The number of rotatable bonds is 7. The Labute approximate surface area is 182 Å². The van der Waals surface area contributed by atoms with Crippen molar-refractivity contribution in [2.24, 2.45) is 0 Å². The number of thioether (sulfide) groups is 1. The van der Waals surface area contributed by atoms with Crippen molar-refractivity contribution in [3.8, 4) is 0 Å². The minimum absolute atomic E-state index is 0.0425. The highest BCUT2D eigenvalue weighted by atomic mass is 32.2. The van der Waals surface area contributed by atoms with Gasteiger partial charge in [-0.25, -0.2) is 4.79 Å². The fraction of sp³-hybridized carbons (Fsp3) is 0.435. The minimum atomic E-state index is -0.260. The van der Waals surface area contributed by atoms with Crippen molar-refractivity contribution in [3.63, 3.8) is 0 Å². The van der Waals surface area contributed by atoms with Crippen LogP contribution in [-0.2, 0) is 4.74 Å². The normalized spacial score (nSPS) is 18.8. The number of nitrogens with one attached hydrogen (secondary N) is 1. The van der Waals surface area contributed by atoms with Gasteiger partial charge in [0.2, 0.25) is 0 Å². The largest absolute Gasteiger partial charge is 0.462 e. The lowest BCUT2D eigenvalue weighted by atomic mass is 9.95. The summed E-state index contributed by atoms with van der Waals surface area (Å²) in [4.78, 5) is 16.9. The molecule has 1 N–H and O–H groups in total. The molecule has 156 valence electrons. The van der Waals surface area contributed by atoms with Crippen LogP contribution in [0.5, 0.6) is 0 Å². The topological polar surface area (TPSA) is 41.6 Å². The molecule has 0 amide bonds. The molecule has 0 aliphatic carbocycles. The molecule has 0 saturated carbocycles. The number of hydrogen-bond acceptors (Lipinski definition) is 6. The first-order valence-corrected chi connectivity index (χ1v) is 12.2. The van der Waals surface area contributed by atoms with E-state index in [1.54, 1.807) is 23.7 Å². The average Bonchev–Trinajstić information content (AvgIpc) is 2.89. The van der Waals surface area contributed by atoms with Gasteiger partial charge in [-0.15, -0.1) is 11.8 Å². The van der Waals surface area contributed by atoms with Crippen LogP contribution < -0.4 is 9.62 Å². The molecular weight excluding hydrogens is 400 g/mol. The maximum Gasteiger partial charge on any atom is 0.339 e. The van der Waals surface area contributed by atoms with Crippen molar-refractivity contribution >= 4 is 41.1 Å². The van der Waals surface area contributed by atoms with E-state index in [1.807, 2.05) is 25.3 Å². The zero-order chi connectivity index (χ0) is 20.9. The SMILES string of the molecule is CCCCC1(C)CN(c2ccccc2)c2cc(SC)c(C(=O)OCC)cc2SN1. The second kappa shape index (κ2) is 9.92. The lowest BCUT2D eigenvalue weighted by molar-refractivity contribution is 0.0522. The Hall–Kier alpha value is -1.63. The summed E-state index contributed by atoms with van der Waals surface area (Å²) in [5, 5.41) is 0. The second-order valence-electron chi connectivity index (χ2n) is 7.53. The van der Waals surface area contributed by atoms with Gasteiger partial charge in [-0.2, -0.15) is 0 Å². The van der Waals surface area contributed by atoms with Crippen LogP contribution in [0.2, 0.25) is 0 Å². The smallest absolute Gasteiger partial charge is 0.339 e. The molecule has 1 aliphatic rings. The Morgan fingerprint density at radius 1 is 1.28 bits per heavy atom. The number of nitrogens with zero attached hydrogens (tertiary/aromatic N) is 1. The van der Waals surface area contributed by atoms with Crippen LogP contribution in [0.4, 0.5) is 11.4 Å². The third-order valence-corrected chi connectivity index (χ3v) is 7.05. The Kier molecular flexibility index (Phi) is 7.55. The van der Waals surface area contributed by atoms with Gasteiger partial charge in [0.25, 0.3) is 0 Å². The van der Waals surface area contributed by atoms with Gasteiger partial charge in [-0.05, 0) is 62.7 Å². The van der Waals surface area contributed by atoms with Crippen molar-refractivity contribution in [1.82, 2.24) is 4.72 Å². The number of benzene rings is 2. The number of hydrogen-bond donors (Lipinski definition) is 1. The quantitative estimate of drug-likeness (QED) is 0.317. The van der Waals surface area contributed by atoms with Gasteiger partial charge in [0.1, 0.15) is 0 Å². The van der Waals surface area contributed by atoms with Crippen LogP contribution in [0.15, 0.2) is 52.3 Å². The highest BCUT2D eigenvalue weighted by Crippen LogP contribution is 2.43. The molecule has 1 unspecified atom stereocenters. The molecule has 2 aromatic rings. The van der Waals surface area contributed by atoms with E-state index in [2.05, 4.69) is 53.8 Å². The molecule has 3 rings (SSSR count). The average molecular weight is 431 g/mol. The Balaban J connectivity index is 2.10. The summed E-state index contributed by atoms with van der Waals surface area (Å²) in [6, 6.07) is 14.6. The Morgan fingerprint density at radius 3 is 2.69 bits per heavy atom. The molecule has 1 atom stereocenters. The molecule has 0 saturated heterocycles. The van der Waals surface area contributed by atoms with Crippen molar-refractivity contribution in [3.05, 3.63) is 48.0 Å². The summed E-state index contributed by atoms with van der Waals surface area (Å²) in [6.07, 6.45) is 5.44. The first-order valence-electron chi connectivity index (χ1n) is 10.2. The van der Waals surface area contributed by atoms with Gasteiger partial charge in [0, 0.05) is 27.6 Å². The van der Waals surface area contributed by atoms with Crippen LogP contribution in [0, 0.1) is 0 Å². The minimum Gasteiger partial charge on any atom is -0.462 e. The first kappa shape index (κ1) is 22.1. The van der Waals surface area contributed by atoms with E-state index >= 15 is 0 Å². The number of carbonyl (C=O) groups is 1. The third-order valence-electron chi connectivity index (χ3n) is 5.13. The van der Waals surface area contributed by atoms with Crippen LogP contribution in [0.25, 0.3) is 0 Å². The number of para-hydroxylation sites is 1. The van der Waals surface area contributed by atoms with E-state index in [4.69, 9.17) is 4.74 Å². The molecule has 29 heavy (non-hydrogen) atoms. The Morgan fingerprint density at radius 2 is 2.03 bits per heavy atom. The van der Waals surface area contributed by atoms with Crippen LogP contribution in [0.1, 0.15) is 50.4 Å². The summed E-state index contributed by atoms with van der Waals surface area (Å²) < 4.78 is 9.00. The summed E-state index contributed by atoms with van der Waals surface area (Å²) in [7, 11) is 0. The van der Waals surface area contributed by atoms with E-state index < -0.39 is 0 Å². The third kappa shape index (κ3) is 5.11. The van der Waals surface area contributed by atoms with Crippen molar-refractivity contribution < 1.29 is 9.53 Å². The van der Waals surface area contributed by atoms with E-state index in [9.17, 15) is 4.79 Å². The molecule has 0 spiro atoms. The van der Waals surface area contributed by atoms with Gasteiger partial charge in [-0.3, -0.25) is 4.72 Å². The molecule has 0 fully saturated rings. The van der Waals surface area contributed by atoms with Gasteiger partial charge in [-0.1, -0.05) is 38.0 Å². The monoisotopic (exact) mass is 430 g/mol. The van der Waals surface area contributed by atoms with Gasteiger partial charge < -0.3 is 9.64 Å². The number of esters is 1. The molecule has 2 aromatic carbocycles. The fourth-order valence-corrected chi connectivity index (χ4v) is 5.12. The molecular formula is C23H30N2O2S2. The molecule has 0 bridgehead atoms. The Bertz CT molecular complexity index is 844. The predicted molar refractivity (Wildman–Crippen MR) is 125 cm³/mol. The van der Waals surface area contributed by atoms with E-state index in [0.717, 1.165) is 34.1 Å². The summed E-state index contributed by atoms with van der Waals surface area (Å²) in [5.41, 5.74) is 2.89. The van der Waals surface area contributed by atoms with Crippen LogP contribution in [0.3, 0.4) is 0 Å². The lowest BCUT2D eigenvalue weighted by Gasteiger charge is -2.34. The maximum absolute atomic E-state index is 12.5. The van der Waals surface area contributed by atoms with Crippen LogP contribution in [-0.4, -0.2) is 30.9 Å². The second-order valence-corrected chi connectivity index (χ2v) is 9.23. The van der Waals surface area contributed by atoms with Gasteiger partial charge in [0.15, 0.2) is 0 Å². The lowest BCUT2D eigenvalue weighted by Crippen LogP contribution is -2.46. The van der Waals surface area contributed by atoms with E-state index in [-0.39, 0.29) is 11.5 Å². The number of carbonyl (C=O) groups excluding carboxylic acids is 1. The zero-order valence-corrected chi connectivity index (χ0v) is 19.3. The first-order chi connectivity index (χ1) is 14.0. The number of unbranched alkanes of at least 4 members (excludes halogenated alkanes) is 1. The molecule has 0 aromatic heterocycles. The zero-order valence-electron chi connectivity index (χ0n) is 17.7. The highest BCUT2D eigenvalue weighted by Gasteiger charge is 2.33. The van der Waals surface area contributed by atoms with E-state index in [1.165, 1.54) is 12.8 Å². The van der Waals surface area contributed by atoms with Crippen molar-refractivity contribution in [2.75, 3.05) is 24.3 Å². The van der Waals surface area contributed by atoms with Crippen molar-refractivity contribution in [1.29, 1.82) is 0 Å². The van der Waals surface area contributed by atoms with Gasteiger partial charge in [0.05, 0.1) is 17.9 Å². The maximum atomic E-state index is 12.5. The standard InChI is InChI=1S/C23H30N2O2S2/c1-5-7-13-23(3)16-25(17-11-9-8-10-12-17)19-15-20(28-4)18(22(26)27-6-2)14-21(19)29-24-23/h8-12,14-15,24H,5-7,13,16H2,1-4H3. The molecule has 0 radical (unpaired) electrons. The molecule has 1 aliphatic heterocycles. The van der Waals surface area contributed by atoms with Gasteiger partial charge >= 0.3 is 5.97 Å². The molecule has 6 heteroatoms. The summed E-state index contributed by atoms with van der Waals surface area (Å²) in [5.74, 6) is -0.260. The van der Waals surface area contributed by atoms with Crippen molar-refractivity contribution in [2.45, 2.75) is 55.4 Å². The predicted octanol–water partition coefficient (Wildman–Crippen LogP) is 6.28. The van der Waals surface area contributed by atoms with Crippen LogP contribution >= 0.6 is 23.7 Å². The molecule has 4 nitrogen and oxygen atoms in total. The number of fused-ring (bicyclic) bond motifs is 1. The molecule has 1 heterocycles.